The maximum absolute atomic E-state index is 12.6. The molecule has 0 bridgehead atoms. The standard InChI is InChI=1S/C22H25N3O2S2/c26-20(23-14-16-29-17-9-3-1-4-10-17)13-5-2-8-15-25-21(27)18-11-6-7-12-19(18)24-22(25)28/h1,3-4,6-7,9-12H,2,5,8,13-16H2,(H,23,26)(H,24,28). The molecule has 7 heteroatoms. The van der Waals surface area contributed by atoms with E-state index >= 15 is 0 Å². The Balaban J connectivity index is 1.35. The number of H-pyrrole nitrogens is 1. The second-order valence-electron chi connectivity index (χ2n) is 6.75. The molecule has 152 valence electrons. The maximum Gasteiger partial charge on any atom is 0.262 e. The van der Waals surface area contributed by atoms with Crippen LogP contribution in [0.25, 0.3) is 10.9 Å². The van der Waals surface area contributed by atoms with Crippen LogP contribution in [0.3, 0.4) is 0 Å². The van der Waals surface area contributed by atoms with Gasteiger partial charge in [-0.3, -0.25) is 14.2 Å². The van der Waals surface area contributed by atoms with Gasteiger partial charge in [0.25, 0.3) is 5.56 Å². The van der Waals surface area contributed by atoms with Gasteiger partial charge >= 0.3 is 0 Å². The molecule has 0 aliphatic carbocycles. The summed E-state index contributed by atoms with van der Waals surface area (Å²) in [4.78, 5) is 28.8. The lowest BCUT2D eigenvalue weighted by Gasteiger charge is -2.08. The van der Waals surface area contributed by atoms with Gasteiger partial charge in [0.05, 0.1) is 10.9 Å². The van der Waals surface area contributed by atoms with E-state index < -0.39 is 0 Å². The van der Waals surface area contributed by atoms with Crippen LogP contribution in [-0.4, -0.2) is 27.8 Å². The second-order valence-corrected chi connectivity index (χ2v) is 8.31. The number of rotatable bonds is 10. The van der Waals surface area contributed by atoms with Crippen LogP contribution in [0.15, 0.2) is 64.3 Å². The highest BCUT2D eigenvalue weighted by Crippen LogP contribution is 2.15. The first kappa shape index (κ1) is 21.3. The summed E-state index contributed by atoms with van der Waals surface area (Å²) >= 11 is 7.06. The average Bonchev–Trinajstić information content (AvgIpc) is 2.74. The molecule has 0 saturated carbocycles. The predicted octanol–water partition coefficient (Wildman–Crippen LogP) is 4.53. The van der Waals surface area contributed by atoms with E-state index in [1.165, 1.54) is 4.90 Å². The minimum atomic E-state index is -0.0574. The zero-order chi connectivity index (χ0) is 20.5. The summed E-state index contributed by atoms with van der Waals surface area (Å²) in [5.41, 5.74) is 0.707. The van der Waals surface area contributed by atoms with Crippen LogP contribution in [0.1, 0.15) is 25.7 Å². The monoisotopic (exact) mass is 427 g/mol. The van der Waals surface area contributed by atoms with Crippen molar-refractivity contribution in [3.63, 3.8) is 0 Å². The number of benzene rings is 2. The van der Waals surface area contributed by atoms with E-state index in [2.05, 4.69) is 22.4 Å². The third-order valence-electron chi connectivity index (χ3n) is 4.61. The van der Waals surface area contributed by atoms with Gasteiger partial charge in [-0.05, 0) is 49.3 Å². The fourth-order valence-corrected chi connectivity index (χ4v) is 4.17. The Morgan fingerprint density at radius 2 is 1.79 bits per heavy atom. The predicted molar refractivity (Wildman–Crippen MR) is 122 cm³/mol. The molecule has 0 aliphatic rings. The summed E-state index contributed by atoms with van der Waals surface area (Å²) in [6.45, 7) is 1.23. The number of para-hydroxylation sites is 1. The van der Waals surface area contributed by atoms with Crippen LogP contribution >= 0.6 is 24.0 Å². The number of nitrogens with one attached hydrogen (secondary N) is 2. The number of hydrogen-bond donors (Lipinski definition) is 2. The Hall–Kier alpha value is -2.38. The average molecular weight is 428 g/mol. The van der Waals surface area contributed by atoms with E-state index in [0.717, 1.165) is 30.5 Å². The van der Waals surface area contributed by atoms with Crippen molar-refractivity contribution < 1.29 is 4.79 Å². The zero-order valence-electron chi connectivity index (χ0n) is 16.2. The van der Waals surface area contributed by atoms with Gasteiger partial charge in [0, 0.05) is 30.2 Å². The van der Waals surface area contributed by atoms with Crippen molar-refractivity contribution in [3.05, 3.63) is 69.7 Å². The van der Waals surface area contributed by atoms with Crippen LogP contribution in [0.5, 0.6) is 0 Å². The van der Waals surface area contributed by atoms with Crippen LogP contribution < -0.4 is 10.9 Å². The van der Waals surface area contributed by atoms with E-state index in [1.54, 1.807) is 22.4 Å². The highest BCUT2D eigenvalue weighted by molar-refractivity contribution is 7.99. The molecule has 3 aromatic rings. The molecule has 1 aromatic heterocycles. The van der Waals surface area contributed by atoms with E-state index in [4.69, 9.17) is 12.2 Å². The van der Waals surface area contributed by atoms with Crippen molar-refractivity contribution in [1.29, 1.82) is 0 Å². The van der Waals surface area contributed by atoms with Gasteiger partial charge in [0.2, 0.25) is 5.91 Å². The fraction of sp³-hybridized carbons (Fsp3) is 0.318. The van der Waals surface area contributed by atoms with Crippen molar-refractivity contribution in [1.82, 2.24) is 14.9 Å². The molecule has 1 amide bonds. The van der Waals surface area contributed by atoms with Gasteiger partial charge < -0.3 is 10.3 Å². The van der Waals surface area contributed by atoms with E-state index in [9.17, 15) is 9.59 Å². The van der Waals surface area contributed by atoms with E-state index in [1.807, 2.05) is 36.4 Å². The van der Waals surface area contributed by atoms with Gasteiger partial charge in [-0.2, -0.15) is 0 Å². The molecule has 3 rings (SSSR count). The number of carbonyl (C=O) groups excluding carboxylic acids is 1. The molecule has 0 saturated heterocycles. The van der Waals surface area contributed by atoms with Gasteiger partial charge in [-0.15, -0.1) is 11.8 Å². The minimum Gasteiger partial charge on any atom is -0.355 e. The highest BCUT2D eigenvalue weighted by atomic mass is 32.2. The summed E-state index contributed by atoms with van der Waals surface area (Å²) in [6.07, 6.45) is 3.00. The molecule has 5 nitrogen and oxygen atoms in total. The molecule has 0 fully saturated rings. The molecule has 0 atom stereocenters. The summed E-state index contributed by atoms with van der Waals surface area (Å²) in [5, 5.41) is 3.61. The number of carbonyl (C=O) groups is 1. The number of unbranched alkanes of at least 4 members (excludes halogenated alkanes) is 2. The van der Waals surface area contributed by atoms with Crippen LogP contribution in [0.2, 0.25) is 0 Å². The molecular weight excluding hydrogens is 402 g/mol. The Kier molecular flexibility index (Phi) is 8.07. The van der Waals surface area contributed by atoms with Gasteiger partial charge in [-0.1, -0.05) is 36.8 Å². The molecule has 0 spiro atoms. The summed E-state index contributed by atoms with van der Waals surface area (Å²) < 4.78 is 2.06. The van der Waals surface area contributed by atoms with Crippen molar-refractivity contribution in [3.8, 4) is 0 Å². The summed E-state index contributed by atoms with van der Waals surface area (Å²) in [5.74, 6) is 0.942. The lowest BCUT2D eigenvalue weighted by atomic mass is 10.2. The number of nitrogens with zero attached hydrogens (tertiary/aromatic N) is 1. The molecule has 1 heterocycles. The smallest absolute Gasteiger partial charge is 0.262 e. The topological polar surface area (TPSA) is 66.9 Å². The molecule has 29 heavy (non-hydrogen) atoms. The van der Waals surface area contributed by atoms with Crippen molar-refractivity contribution >= 4 is 40.8 Å². The third-order valence-corrected chi connectivity index (χ3v) is 5.95. The summed E-state index contributed by atoms with van der Waals surface area (Å²) in [6, 6.07) is 17.5. The first-order valence-corrected chi connectivity index (χ1v) is 11.2. The molecule has 0 aliphatic heterocycles. The maximum atomic E-state index is 12.6. The first-order chi connectivity index (χ1) is 14.1. The van der Waals surface area contributed by atoms with Crippen molar-refractivity contribution in [2.24, 2.45) is 0 Å². The Morgan fingerprint density at radius 1 is 1.03 bits per heavy atom. The molecular formula is C22H25N3O2S2. The lowest BCUT2D eigenvalue weighted by Crippen LogP contribution is -2.25. The Bertz CT molecular complexity index is 1060. The SMILES string of the molecule is O=C(CCCCCn1c(=S)[nH]c2ccccc2c1=O)NCCSc1ccccc1. The van der Waals surface area contributed by atoms with Crippen molar-refractivity contribution in [2.45, 2.75) is 37.1 Å². The number of aromatic amines is 1. The number of thioether (sulfide) groups is 1. The molecule has 2 aromatic carbocycles. The van der Waals surface area contributed by atoms with E-state index in [0.29, 0.717) is 29.7 Å². The first-order valence-electron chi connectivity index (χ1n) is 9.81. The Morgan fingerprint density at radius 3 is 2.62 bits per heavy atom. The molecule has 2 N–H and O–H groups in total. The van der Waals surface area contributed by atoms with Crippen LogP contribution in [0.4, 0.5) is 0 Å². The zero-order valence-corrected chi connectivity index (χ0v) is 17.9. The minimum absolute atomic E-state index is 0.0574. The number of aromatic nitrogens is 2. The van der Waals surface area contributed by atoms with Crippen LogP contribution in [-0.2, 0) is 11.3 Å². The lowest BCUT2D eigenvalue weighted by molar-refractivity contribution is -0.121. The normalized spacial score (nSPS) is 10.9. The van der Waals surface area contributed by atoms with Gasteiger partial charge in [0.15, 0.2) is 4.77 Å². The summed E-state index contributed by atoms with van der Waals surface area (Å²) in [7, 11) is 0. The van der Waals surface area contributed by atoms with Crippen LogP contribution in [0, 0.1) is 4.77 Å². The number of amides is 1. The van der Waals surface area contributed by atoms with Crippen molar-refractivity contribution in [2.75, 3.05) is 12.3 Å². The number of fused-ring (bicyclic) bond motifs is 1. The quantitative estimate of drug-likeness (QED) is 0.283. The largest absolute Gasteiger partial charge is 0.355 e. The van der Waals surface area contributed by atoms with E-state index in [-0.39, 0.29) is 11.5 Å². The fourth-order valence-electron chi connectivity index (χ4n) is 3.10. The second kappa shape index (κ2) is 11.0. The molecule has 0 radical (unpaired) electrons. The molecule has 0 unspecified atom stereocenters. The Labute approximate surface area is 179 Å². The number of hydrogen-bond acceptors (Lipinski definition) is 4. The third kappa shape index (κ3) is 6.30. The van der Waals surface area contributed by atoms with Gasteiger partial charge in [-0.25, -0.2) is 0 Å². The van der Waals surface area contributed by atoms with Gasteiger partial charge in [0.1, 0.15) is 0 Å². The highest BCUT2D eigenvalue weighted by Gasteiger charge is 2.05.